The lowest BCUT2D eigenvalue weighted by atomic mass is 10.0. The van der Waals surface area contributed by atoms with Crippen LogP contribution in [0.25, 0.3) is 22.8 Å². The van der Waals surface area contributed by atoms with Gasteiger partial charge >= 0.3 is 0 Å². The van der Waals surface area contributed by atoms with Gasteiger partial charge in [0.25, 0.3) is 0 Å². The van der Waals surface area contributed by atoms with Crippen LogP contribution < -0.4 is 0 Å². The van der Waals surface area contributed by atoms with Crippen LogP contribution in [0.2, 0.25) is 0 Å². The van der Waals surface area contributed by atoms with Crippen LogP contribution >= 0.6 is 0 Å². The van der Waals surface area contributed by atoms with Gasteiger partial charge in [-0.1, -0.05) is 62.4 Å². The second-order valence-corrected chi connectivity index (χ2v) is 6.47. The van der Waals surface area contributed by atoms with E-state index in [1.54, 1.807) is 0 Å². The molecule has 3 rings (SSSR count). The molecule has 0 aliphatic rings. The number of aryl methyl sites for hydroxylation is 2. The van der Waals surface area contributed by atoms with Crippen molar-refractivity contribution in [3.63, 3.8) is 0 Å². The summed E-state index contributed by atoms with van der Waals surface area (Å²) in [5.74, 6) is 2.28. The second kappa shape index (κ2) is 6.37. The quantitative estimate of drug-likeness (QED) is 0.687. The first-order valence-corrected chi connectivity index (χ1v) is 8.13. The summed E-state index contributed by atoms with van der Waals surface area (Å²) in [6.45, 7) is 9.51. The molecule has 3 nitrogen and oxygen atoms in total. The molecular weight excluding hydrogens is 282 g/mol. The Morgan fingerprint density at radius 1 is 0.913 bits per heavy atom. The average Bonchev–Trinajstić information content (AvgIpc) is 2.90. The fraction of sp³-hybridized carbons (Fsp3) is 0.300. The third kappa shape index (κ3) is 3.19. The van der Waals surface area contributed by atoms with Gasteiger partial charge in [0, 0.05) is 17.7 Å². The molecule has 0 aliphatic carbocycles. The fourth-order valence-corrected chi connectivity index (χ4v) is 2.89. The zero-order valence-corrected chi connectivity index (χ0v) is 14.2. The first kappa shape index (κ1) is 15.5. The van der Waals surface area contributed by atoms with E-state index in [0.717, 1.165) is 29.3 Å². The van der Waals surface area contributed by atoms with Gasteiger partial charge in [-0.25, -0.2) is 9.67 Å². The average molecular weight is 305 g/mol. The fourth-order valence-electron chi connectivity index (χ4n) is 2.89. The molecule has 0 saturated carbocycles. The van der Waals surface area contributed by atoms with Crippen LogP contribution in [0.1, 0.15) is 25.0 Å². The summed E-state index contributed by atoms with van der Waals surface area (Å²) in [6.07, 6.45) is 0. The predicted octanol–water partition coefficient (Wildman–Crippen LogP) is 4.88. The third-order valence-electron chi connectivity index (χ3n) is 3.95. The van der Waals surface area contributed by atoms with Crippen molar-refractivity contribution < 1.29 is 0 Å². The topological polar surface area (TPSA) is 30.7 Å². The molecule has 0 bridgehead atoms. The molecule has 2 aromatic carbocycles. The molecule has 0 amide bonds. The van der Waals surface area contributed by atoms with Crippen LogP contribution in [0.3, 0.4) is 0 Å². The zero-order valence-electron chi connectivity index (χ0n) is 14.2. The Balaban J connectivity index is 2.15. The van der Waals surface area contributed by atoms with Crippen LogP contribution in [0.5, 0.6) is 0 Å². The molecule has 0 fully saturated rings. The number of hydrogen-bond donors (Lipinski definition) is 0. The Bertz CT molecular complexity index is 781. The van der Waals surface area contributed by atoms with Crippen molar-refractivity contribution in [1.29, 1.82) is 0 Å². The summed E-state index contributed by atoms with van der Waals surface area (Å²) in [5, 5.41) is 4.82. The van der Waals surface area contributed by atoms with Crippen molar-refractivity contribution in [2.45, 2.75) is 34.2 Å². The van der Waals surface area contributed by atoms with Crippen molar-refractivity contribution in [3.05, 3.63) is 59.7 Å². The predicted molar refractivity (Wildman–Crippen MR) is 95.2 cm³/mol. The van der Waals surface area contributed by atoms with Crippen molar-refractivity contribution in [3.8, 4) is 22.8 Å². The monoisotopic (exact) mass is 305 g/mol. The maximum atomic E-state index is 4.88. The lowest BCUT2D eigenvalue weighted by molar-refractivity contribution is 0.487. The van der Waals surface area contributed by atoms with Crippen molar-refractivity contribution in [2.24, 2.45) is 5.92 Å². The summed E-state index contributed by atoms with van der Waals surface area (Å²) >= 11 is 0. The highest BCUT2D eigenvalue weighted by molar-refractivity contribution is 5.67. The summed E-state index contributed by atoms with van der Waals surface area (Å²) in [6, 6.07) is 16.6. The first-order chi connectivity index (χ1) is 11.1. The zero-order chi connectivity index (χ0) is 16.4. The van der Waals surface area contributed by atoms with Crippen molar-refractivity contribution in [2.75, 3.05) is 0 Å². The minimum absolute atomic E-state index is 0.518. The molecule has 1 heterocycles. The van der Waals surface area contributed by atoms with E-state index in [2.05, 4.69) is 58.0 Å². The van der Waals surface area contributed by atoms with E-state index in [1.807, 2.05) is 22.9 Å². The SMILES string of the molecule is Cc1cccc(C)c1-c1nc(-c2ccccc2)n(CC(C)C)n1. The van der Waals surface area contributed by atoms with Gasteiger partial charge < -0.3 is 0 Å². The van der Waals surface area contributed by atoms with Crippen LogP contribution in [-0.4, -0.2) is 14.8 Å². The molecule has 1 aromatic heterocycles. The summed E-state index contributed by atoms with van der Waals surface area (Å²) in [4.78, 5) is 4.88. The number of nitrogens with zero attached hydrogens (tertiary/aromatic N) is 3. The lowest BCUT2D eigenvalue weighted by Gasteiger charge is -2.08. The molecule has 0 spiro atoms. The maximum absolute atomic E-state index is 4.88. The Labute approximate surface area is 138 Å². The molecule has 0 saturated heterocycles. The third-order valence-corrected chi connectivity index (χ3v) is 3.95. The van der Waals surface area contributed by atoms with Crippen LogP contribution in [0.15, 0.2) is 48.5 Å². The molecule has 0 aliphatic heterocycles. The van der Waals surface area contributed by atoms with E-state index >= 15 is 0 Å². The van der Waals surface area contributed by atoms with E-state index in [1.165, 1.54) is 11.1 Å². The second-order valence-electron chi connectivity index (χ2n) is 6.47. The van der Waals surface area contributed by atoms with E-state index in [4.69, 9.17) is 10.1 Å². The Kier molecular flexibility index (Phi) is 4.28. The number of benzene rings is 2. The highest BCUT2D eigenvalue weighted by atomic mass is 15.3. The Morgan fingerprint density at radius 2 is 1.57 bits per heavy atom. The number of hydrogen-bond acceptors (Lipinski definition) is 2. The van der Waals surface area contributed by atoms with Gasteiger partial charge in [-0.2, -0.15) is 5.10 Å². The minimum Gasteiger partial charge on any atom is -0.245 e. The van der Waals surface area contributed by atoms with E-state index in [0.29, 0.717) is 5.92 Å². The van der Waals surface area contributed by atoms with Gasteiger partial charge in [-0.15, -0.1) is 0 Å². The molecular formula is C20H23N3. The number of aromatic nitrogens is 3. The van der Waals surface area contributed by atoms with Gasteiger partial charge in [-0.3, -0.25) is 0 Å². The summed E-state index contributed by atoms with van der Waals surface area (Å²) < 4.78 is 2.04. The molecule has 23 heavy (non-hydrogen) atoms. The van der Waals surface area contributed by atoms with Gasteiger partial charge in [0.05, 0.1) is 0 Å². The maximum Gasteiger partial charge on any atom is 0.182 e. The molecule has 3 heteroatoms. The van der Waals surface area contributed by atoms with Crippen molar-refractivity contribution in [1.82, 2.24) is 14.8 Å². The number of rotatable bonds is 4. The highest BCUT2D eigenvalue weighted by Gasteiger charge is 2.16. The first-order valence-electron chi connectivity index (χ1n) is 8.13. The molecule has 0 radical (unpaired) electrons. The van der Waals surface area contributed by atoms with Gasteiger partial charge in [0.1, 0.15) is 0 Å². The lowest BCUT2D eigenvalue weighted by Crippen LogP contribution is -2.08. The molecule has 3 aromatic rings. The van der Waals surface area contributed by atoms with Crippen LogP contribution in [0, 0.1) is 19.8 Å². The molecule has 0 N–H and O–H groups in total. The van der Waals surface area contributed by atoms with E-state index in [9.17, 15) is 0 Å². The molecule has 118 valence electrons. The van der Waals surface area contributed by atoms with Crippen molar-refractivity contribution >= 4 is 0 Å². The van der Waals surface area contributed by atoms with Gasteiger partial charge in [-0.05, 0) is 30.9 Å². The minimum atomic E-state index is 0.518. The Morgan fingerprint density at radius 3 is 2.17 bits per heavy atom. The molecule has 0 unspecified atom stereocenters. The molecule has 0 atom stereocenters. The standard InChI is InChI=1S/C20H23N3/c1-14(2)13-23-20(17-11-6-5-7-12-17)21-19(22-23)18-15(3)9-8-10-16(18)4/h5-12,14H,13H2,1-4H3. The van der Waals surface area contributed by atoms with Gasteiger partial charge in [0.2, 0.25) is 0 Å². The van der Waals surface area contributed by atoms with E-state index in [-0.39, 0.29) is 0 Å². The highest BCUT2D eigenvalue weighted by Crippen LogP contribution is 2.27. The largest absolute Gasteiger partial charge is 0.245 e. The summed E-state index contributed by atoms with van der Waals surface area (Å²) in [5.41, 5.74) is 4.68. The van der Waals surface area contributed by atoms with E-state index < -0.39 is 0 Å². The van der Waals surface area contributed by atoms with Gasteiger partial charge in [0.15, 0.2) is 11.6 Å². The smallest absolute Gasteiger partial charge is 0.182 e. The Hall–Kier alpha value is -2.42. The summed E-state index contributed by atoms with van der Waals surface area (Å²) in [7, 11) is 0. The van der Waals surface area contributed by atoms with Crippen LogP contribution in [-0.2, 0) is 6.54 Å². The van der Waals surface area contributed by atoms with Crippen LogP contribution in [0.4, 0.5) is 0 Å². The normalized spacial score (nSPS) is 11.2.